The van der Waals surface area contributed by atoms with Crippen LogP contribution in [-0.4, -0.2) is 9.55 Å². The van der Waals surface area contributed by atoms with Crippen molar-refractivity contribution < 1.29 is 0 Å². The monoisotopic (exact) mass is 308 g/mol. The van der Waals surface area contributed by atoms with Crippen molar-refractivity contribution in [2.24, 2.45) is 0 Å². The van der Waals surface area contributed by atoms with Gasteiger partial charge in [-0.15, -0.1) is 0 Å². The van der Waals surface area contributed by atoms with E-state index in [1.807, 2.05) is 6.20 Å². The maximum absolute atomic E-state index is 11.6. The Morgan fingerprint density at radius 1 is 1.09 bits per heavy atom. The fraction of sp³-hybridized carbons (Fsp3) is 0.222. The van der Waals surface area contributed by atoms with E-state index in [1.165, 1.54) is 29.2 Å². The van der Waals surface area contributed by atoms with E-state index in [9.17, 15) is 4.79 Å². The number of nitrogens with zero attached hydrogens (tertiary/aromatic N) is 2. The van der Waals surface area contributed by atoms with Gasteiger partial charge in [-0.05, 0) is 29.2 Å². The van der Waals surface area contributed by atoms with Crippen molar-refractivity contribution in [1.29, 1.82) is 0 Å². The Labute approximate surface area is 133 Å². The summed E-state index contributed by atoms with van der Waals surface area (Å²) in [4.78, 5) is 15.8. The van der Waals surface area contributed by atoms with Gasteiger partial charge in [0.1, 0.15) is 0 Å². The number of hydrogen-bond acceptors (Lipinski definition) is 3. The molecule has 0 bridgehead atoms. The van der Waals surface area contributed by atoms with Gasteiger partial charge in [0.2, 0.25) is 0 Å². The van der Waals surface area contributed by atoms with Gasteiger partial charge in [-0.2, -0.15) is 4.98 Å². The van der Waals surface area contributed by atoms with Crippen molar-refractivity contribution in [3.8, 4) is 0 Å². The van der Waals surface area contributed by atoms with Crippen molar-refractivity contribution in [3.05, 3.63) is 70.6 Å². The fourth-order valence-electron chi connectivity index (χ4n) is 2.70. The van der Waals surface area contributed by atoms with Gasteiger partial charge in [0.25, 0.3) is 5.56 Å². The van der Waals surface area contributed by atoms with Gasteiger partial charge in [0, 0.05) is 24.1 Å². The van der Waals surface area contributed by atoms with Gasteiger partial charge < -0.3 is 4.57 Å². The zero-order chi connectivity index (χ0) is 14.9. The summed E-state index contributed by atoms with van der Waals surface area (Å²) in [5.41, 5.74) is 1.13. The topological polar surface area (TPSA) is 34.9 Å². The van der Waals surface area contributed by atoms with Gasteiger partial charge in [0.15, 0.2) is 5.16 Å². The van der Waals surface area contributed by atoms with Crippen LogP contribution < -0.4 is 5.56 Å². The van der Waals surface area contributed by atoms with Crippen molar-refractivity contribution in [3.63, 3.8) is 0 Å². The highest BCUT2D eigenvalue weighted by atomic mass is 32.2. The minimum atomic E-state index is -0.155. The Bertz CT molecular complexity index is 878. The molecule has 1 aliphatic rings. The molecule has 4 heteroatoms. The highest BCUT2D eigenvalue weighted by molar-refractivity contribution is 7.98. The van der Waals surface area contributed by atoms with Crippen LogP contribution >= 0.6 is 11.8 Å². The van der Waals surface area contributed by atoms with Crippen LogP contribution in [0.4, 0.5) is 0 Å². The Balaban J connectivity index is 1.65. The molecule has 0 amide bonds. The fourth-order valence-corrected chi connectivity index (χ4v) is 3.75. The standard InChI is InChI=1S/C18H16N2OS/c21-17-10-11-20(15-8-9-15)18(19-17)22-12-14-6-3-5-13-4-1-2-7-16(13)14/h1-7,10-11,15H,8-9,12H2. The van der Waals surface area contributed by atoms with Gasteiger partial charge in [-0.25, -0.2) is 0 Å². The molecule has 0 N–H and O–H groups in total. The van der Waals surface area contributed by atoms with Crippen molar-refractivity contribution >= 4 is 22.5 Å². The predicted molar refractivity (Wildman–Crippen MR) is 90.3 cm³/mol. The third-order valence-electron chi connectivity index (χ3n) is 3.98. The summed E-state index contributed by atoms with van der Waals surface area (Å²) < 4.78 is 2.15. The van der Waals surface area contributed by atoms with Crippen LogP contribution in [0, 0.1) is 0 Å². The minimum absolute atomic E-state index is 0.155. The summed E-state index contributed by atoms with van der Waals surface area (Å²) in [6.07, 6.45) is 4.26. The first-order chi connectivity index (χ1) is 10.8. The normalized spacial score (nSPS) is 14.4. The van der Waals surface area contributed by atoms with Crippen LogP contribution in [0.1, 0.15) is 24.4 Å². The molecular weight excluding hydrogens is 292 g/mol. The second-order valence-corrected chi connectivity index (χ2v) is 6.56. The lowest BCUT2D eigenvalue weighted by Crippen LogP contribution is -2.12. The molecule has 2 aromatic carbocycles. The van der Waals surface area contributed by atoms with Gasteiger partial charge in [-0.3, -0.25) is 4.79 Å². The second kappa shape index (κ2) is 5.61. The van der Waals surface area contributed by atoms with Crippen molar-refractivity contribution in [2.45, 2.75) is 29.8 Å². The van der Waals surface area contributed by atoms with Crippen LogP contribution in [0.5, 0.6) is 0 Å². The zero-order valence-corrected chi connectivity index (χ0v) is 12.9. The van der Waals surface area contributed by atoms with Crippen LogP contribution in [0.25, 0.3) is 10.8 Å². The predicted octanol–water partition coefficient (Wildman–Crippen LogP) is 4.02. The van der Waals surface area contributed by atoms with Crippen molar-refractivity contribution in [2.75, 3.05) is 0 Å². The first kappa shape index (κ1) is 13.6. The molecule has 4 rings (SSSR count). The Kier molecular flexibility index (Phi) is 3.47. The SMILES string of the molecule is O=c1ccn(C2CC2)c(SCc2cccc3ccccc23)n1. The lowest BCUT2D eigenvalue weighted by Gasteiger charge is -2.11. The first-order valence-electron chi connectivity index (χ1n) is 7.50. The molecule has 0 unspecified atom stereocenters. The third kappa shape index (κ3) is 2.66. The van der Waals surface area contributed by atoms with Crippen LogP contribution in [0.2, 0.25) is 0 Å². The highest BCUT2D eigenvalue weighted by Gasteiger charge is 2.25. The molecule has 0 atom stereocenters. The molecule has 0 aliphatic heterocycles. The summed E-state index contributed by atoms with van der Waals surface area (Å²) >= 11 is 1.65. The first-order valence-corrected chi connectivity index (χ1v) is 8.48. The number of hydrogen-bond donors (Lipinski definition) is 0. The van der Waals surface area contributed by atoms with Crippen LogP contribution in [0.15, 0.2) is 64.7 Å². The lowest BCUT2D eigenvalue weighted by atomic mass is 10.1. The summed E-state index contributed by atoms with van der Waals surface area (Å²) in [7, 11) is 0. The summed E-state index contributed by atoms with van der Waals surface area (Å²) in [6.45, 7) is 0. The summed E-state index contributed by atoms with van der Waals surface area (Å²) in [6, 6.07) is 16.9. The number of benzene rings is 2. The molecule has 1 heterocycles. The van der Waals surface area contributed by atoms with E-state index in [1.54, 1.807) is 17.8 Å². The smallest absolute Gasteiger partial charge is 0.273 e. The minimum Gasteiger partial charge on any atom is -0.324 e. The van der Waals surface area contributed by atoms with E-state index in [4.69, 9.17) is 0 Å². The van der Waals surface area contributed by atoms with E-state index in [-0.39, 0.29) is 5.56 Å². The quantitative estimate of drug-likeness (QED) is 0.539. The summed E-state index contributed by atoms with van der Waals surface area (Å²) in [5.74, 6) is 0.824. The van der Waals surface area contributed by atoms with E-state index in [0.29, 0.717) is 6.04 Å². The van der Waals surface area contributed by atoms with E-state index in [2.05, 4.69) is 52.0 Å². The molecule has 0 saturated heterocycles. The zero-order valence-electron chi connectivity index (χ0n) is 12.1. The number of rotatable bonds is 4. The molecule has 1 fully saturated rings. The molecule has 3 aromatic rings. The molecule has 0 spiro atoms. The molecule has 22 heavy (non-hydrogen) atoms. The van der Waals surface area contributed by atoms with E-state index < -0.39 is 0 Å². The van der Waals surface area contributed by atoms with Gasteiger partial charge >= 0.3 is 0 Å². The summed E-state index contributed by atoms with van der Waals surface area (Å²) in [5, 5.41) is 3.36. The second-order valence-electron chi connectivity index (χ2n) is 5.61. The molecule has 1 aliphatic carbocycles. The van der Waals surface area contributed by atoms with Crippen molar-refractivity contribution in [1.82, 2.24) is 9.55 Å². The lowest BCUT2D eigenvalue weighted by molar-refractivity contribution is 0.624. The number of thioether (sulfide) groups is 1. The average Bonchev–Trinajstić information content (AvgIpc) is 3.38. The highest BCUT2D eigenvalue weighted by Crippen LogP contribution is 2.37. The maximum atomic E-state index is 11.6. The Hall–Kier alpha value is -2.07. The average molecular weight is 308 g/mol. The van der Waals surface area contributed by atoms with Crippen LogP contribution in [-0.2, 0) is 5.75 Å². The Morgan fingerprint density at radius 3 is 2.77 bits per heavy atom. The Morgan fingerprint density at radius 2 is 1.91 bits per heavy atom. The van der Waals surface area contributed by atoms with E-state index in [0.717, 1.165) is 10.9 Å². The largest absolute Gasteiger partial charge is 0.324 e. The molecule has 0 radical (unpaired) electrons. The third-order valence-corrected chi connectivity index (χ3v) is 5.00. The van der Waals surface area contributed by atoms with E-state index >= 15 is 0 Å². The van der Waals surface area contributed by atoms with Crippen LogP contribution in [0.3, 0.4) is 0 Å². The van der Waals surface area contributed by atoms with Gasteiger partial charge in [-0.1, -0.05) is 54.2 Å². The molecule has 1 aromatic heterocycles. The number of aromatic nitrogens is 2. The molecule has 1 saturated carbocycles. The maximum Gasteiger partial charge on any atom is 0.273 e. The molecular formula is C18H16N2OS. The van der Waals surface area contributed by atoms with Gasteiger partial charge in [0.05, 0.1) is 0 Å². The molecule has 3 nitrogen and oxygen atoms in total. The number of fused-ring (bicyclic) bond motifs is 1. The molecule has 110 valence electrons.